The van der Waals surface area contributed by atoms with Crippen LogP contribution in [0.2, 0.25) is 0 Å². The van der Waals surface area contributed by atoms with E-state index in [1.165, 1.54) is 24.0 Å². The predicted octanol–water partition coefficient (Wildman–Crippen LogP) is 5.97. The van der Waals surface area contributed by atoms with Crippen molar-refractivity contribution in [1.29, 1.82) is 0 Å². The van der Waals surface area contributed by atoms with E-state index in [2.05, 4.69) is 48.5 Å². The van der Waals surface area contributed by atoms with Crippen LogP contribution >= 0.6 is 0 Å². The normalized spacial score (nSPS) is 28.5. The molecule has 2 atom stereocenters. The van der Waals surface area contributed by atoms with Gasteiger partial charge in [0.15, 0.2) is 0 Å². The van der Waals surface area contributed by atoms with Gasteiger partial charge in [0.25, 0.3) is 11.8 Å². The van der Waals surface area contributed by atoms with Crippen molar-refractivity contribution in [3.63, 3.8) is 0 Å². The molecule has 2 aromatic rings. The number of hydrogen-bond acceptors (Lipinski definition) is 2. The molecule has 0 bridgehead atoms. The van der Waals surface area contributed by atoms with Gasteiger partial charge in [-0.1, -0.05) is 99.2 Å². The third-order valence-corrected chi connectivity index (χ3v) is 8.76. The van der Waals surface area contributed by atoms with Crippen molar-refractivity contribution in [2.45, 2.75) is 76.3 Å². The number of rotatable bonds is 3. The molecule has 2 saturated carbocycles. The third-order valence-electron chi connectivity index (χ3n) is 8.76. The van der Waals surface area contributed by atoms with Crippen LogP contribution < -0.4 is 0 Å². The zero-order chi connectivity index (χ0) is 21.8. The molecule has 2 heterocycles. The lowest BCUT2D eigenvalue weighted by Crippen LogP contribution is -2.77. The summed E-state index contributed by atoms with van der Waals surface area (Å²) in [5.74, 6) is 0.344. The average Bonchev–Trinajstić information content (AvgIpc) is 2.87. The fourth-order valence-electron chi connectivity index (χ4n) is 7.24. The van der Waals surface area contributed by atoms with Gasteiger partial charge in [-0.15, -0.1) is 0 Å². The standard InChI is InChI=1S/C28H32N2O2/c31-25-27(17-9-3-10-18-27)23(21-13-5-1-6-14-21)29(25)30-24(22-15-7-2-8-16-22)28(26(30)32)19-11-4-12-20-28/h1-2,5-8,13-16,23-24H,3-4,9-12,17-20H2/t23-,24+. The van der Waals surface area contributed by atoms with E-state index in [9.17, 15) is 9.59 Å². The van der Waals surface area contributed by atoms with Crippen molar-refractivity contribution < 1.29 is 9.59 Å². The lowest BCUT2D eigenvalue weighted by molar-refractivity contribution is -0.264. The highest BCUT2D eigenvalue weighted by Gasteiger charge is 2.71. The Morgan fingerprint density at radius 1 is 0.531 bits per heavy atom. The SMILES string of the molecule is O=C1N(N2C(=O)C3(CCCCC3)[C@H]2c2ccccc2)[C@@H](c2ccccc2)C12CCCCC2. The highest BCUT2D eigenvalue weighted by atomic mass is 16.2. The van der Waals surface area contributed by atoms with Crippen molar-refractivity contribution in [3.8, 4) is 0 Å². The minimum Gasteiger partial charge on any atom is -0.272 e. The molecule has 166 valence electrons. The maximum atomic E-state index is 13.9. The number of β-lactam (4-membered cyclic amide) rings is 2. The number of nitrogens with zero attached hydrogens (tertiary/aromatic N) is 2. The first-order chi connectivity index (χ1) is 15.7. The molecule has 2 aromatic carbocycles. The van der Waals surface area contributed by atoms with Crippen molar-refractivity contribution in [2.75, 3.05) is 0 Å². The molecule has 6 rings (SSSR count). The molecule has 4 fully saturated rings. The van der Waals surface area contributed by atoms with Crippen LogP contribution in [0, 0.1) is 10.8 Å². The summed E-state index contributed by atoms with van der Waals surface area (Å²) < 4.78 is 0. The second-order valence-electron chi connectivity index (χ2n) is 10.4. The highest BCUT2D eigenvalue weighted by molar-refractivity contribution is 5.97. The molecule has 0 radical (unpaired) electrons. The zero-order valence-electron chi connectivity index (χ0n) is 18.7. The summed E-state index contributed by atoms with van der Waals surface area (Å²) in [6, 6.07) is 20.8. The van der Waals surface area contributed by atoms with Gasteiger partial charge >= 0.3 is 0 Å². The topological polar surface area (TPSA) is 40.6 Å². The summed E-state index contributed by atoms with van der Waals surface area (Å²) in [4.78, 5) is 27.8. The molecule has 32 heavy (non-hydrogen) atoms. The maximum Gasteiger partial charge on any atom is 0.250 e. The summed E-state index contributed by atoms with van der Waals surface area (Å²) in [5, 5.41) is 3.75. The molecule has 4 aliphatic rings. The molecule has 0 aromatic heterocycles. The number of amides is 2. The Morgan fingerprint density at radius 3 is 1.22 bits per heavy atom. The number of benzene rings is 2. The van der Waals surface area contributed by atoms with Gasteiger partial charge in [0.1, 0.15) is 0 Å². The Labute approximate surface area is 190 Å². The average molecular weight is 429 g/mol. The van der Waals surface area contributed by atoms with E-state index in [0.717, 1.165) is 51.4 Å². The summed E-state index contributed by atoms with van der Waals surface area (Å²) >= 11 is 0. The van der Waals surface area contributed by atoms with E-state index < -0.39 is 0 Å². The van der Waals surface area contributed by atoms with E-state index in [4.69, 9.17) is 0 Å². The quantitative estimate of drug-likeness (QED) is 0.565. The fraction of sp³-hybridized carbons (Fsp3) is 0.500. The first kappa shape index (κ1) is 20.0. The van der Waals surface area contributed by atoms with Crippen LogP contribution in [-0.2, 0) is 9.59 Å². The van der Waals surface area contributed by atoms with Gasteiger partial charge < -0.3 is 0 Å². The number of hydrogen-bond donors (Lipinski definition) is 0. The number of hydrazine groups is 1. The van der Waals surface area contributed by atoms with Crippen LogP contribution in [-0.4, -0.2) is 21.8 Å². The van der Waals surface area contributed by atoms with E-state index in [-0.39, 0.29) is 34.7 Å². The number of carbonyl (C=O) groups is 2. The van der Waals surface area contributed by atoms with Gasteiger partial charge in [-0.05, 0) is 36.8 Å². The molecule has 2 saturated heterocycles. The van der Waals surface area contributed by atoms with Crippen molar-refractivity contribution in [1.82, 2.24) is 10.0 Å². The minimum absolute atomic E-state index is 0.0346. The molecule has 4 heteroatoms. The van der Waals surface area contributed by atoms with Gasteiger partial charge in [-0.25, -0.2) is 10.0 Å². The molecule has 0 N–H and O–H groups in total. The second-order valence-corrected chi connectivity index (χ2v) is 10.4. The molecular formula is C28H32N2O2. The number of carbonyl (C=O) groups excluding carboxylic acids is 2. The Balaban J connectivity index is 1.43. The molecular weight excluding hydrogens is 396 g/mol. The molecule has 2 spiro atoms. The van der Waals surface area contributed by atoms with Crippen molar-refractivity contribution >= 4 is 11.8 Å². The summed E-state index contributed by atoms with van der Waals surface area (Å²) in [6.45, 7) is 0. The first-order valence-electron chi connectivity index (χ1n) is 12.5. The van der Waals surface area contributed by atoms with Gasteiger partial charge in [-0.2, -0.15) is 0 Å². The summed E-state index contributed by atoms with van der Waals surface area (Å²) in [6.07, 6.45) is 10.5. The van der Waals surface area contributed by atoms with Gasteiger partial charge in [0, 0.05) is 0 Å². The van der Waals surface area contributed by atoms with Gasteiger partial charge in [-0.3, -0.25) is 9.59 Å². The third kappa shape index (κ3) is 2.61. The molecule has 2 amide bonds. The van der Waals surface area contributed by atoms with E-state index in [1.807, 2.05) is 22.2 Å². The molecule has 2 aliphatic carbocycles. The smallest absolute Gasteiger partial charge is 0.250 e. The molecule has 0 unspecified atom stereocenters. The van der Waals surface area contributed by atoms with Crippen LogP contribution in [0.1, 0.15) is 87.4 Å². The second kappa shape index (κ2) is 7.47. The van der Waals surface area contributed by atoms with E-state index in [1.54, 1.807) is 0 Å². The lowest BCUT2D eigenvalue weighted by atomic mass is 9.58. The van der Waals surface area contributed by atoms with Crippen molar-refractivity contribution in [3.05, 3.63) is 71.8 Å². The zero-order valence-corrected chi connectivity index (χ0v) is 18.7. The fourth-order valence-corrected chi connectivity index (χ4v) is 7.24. The lowest BCUT2D eigenvalue weighted by Gasteiger charge is -2.68. The van der Waals surface area contributed by atoms with E-state index >= 15 is 0 Å². The molecule has 4 nitrogen and oxygen atoms in total. The Kier molecular flexibility index (Phi) is 4.67. The summed E-state index contributed by atoms with van der Waals surface area (Å²) in [5.41, 5.74) is 1.66. The maximum absolute atomic E-state index is 13.9. The van der Waals surface area contributed by atoms with Crippen LogP contribution in [0.3, 0.4) is 0 Å². The van der Waals surface area contributed by atoms with Crippen LogP contribution in [0.15, 0.2) is 60.7 Å². The minimum atomic E-state index is -0.337. The predicted molar refractivity (Wildman–Crippen MR) is 123 cm³/mol. The van der Waals surface area contributed by atoms with Crippen LogP contribution in [0.25, 0.3) is 0 Å². The first-order valence-corrected chi connectivity index (χ1v) is 12.5. The molecule has 2 aliphatic heterocycles. The highest BCUT2D eigenvalue weighted by Crippen LogP contribution is 2.65. The van der Waals surface area contributed by atoms with Crippen LogP contribution in [0.4, 0.5) is 0 Å². The van der Waals surface area contributed by atoms with Gasteiger partial charge in [0.2, 0.25) is 0 Å². The Morgan fingerprint density at radius 2 is 0.875 bits per heavy atom. The monoisotopic (exact) mass is 428 g/mol. The Bertz CT molecular complexity index is 923. The van der Waals surface area contributed by atoms with Crippen LogP contribution in [0.5, 0.6) is 0 Å². The Hall–Kier alpha value is -2.62. The summed E-state index contributed by atoms with van der Waals surface area (Å²) in [7, 11) is 0. The van der Waals surface area contributed by atoms with E-state index in [0.29, 0.717) is 0 Å². The van der Waals surface area contributed by atoms with Crippen molar-refractivity contribution in [2.24, 2.45) is 10.8 Å². The van der Waals surface area contributed by atoms with Gasteiger partial charge in [0.05, 0.1) is 22.9 Å². The largest absolute Gasteiger partial charge is 0.272 e.